The van der Waals surface area contributed by atoms with Crippen molar-refractivity contribution in [1.29, 1.82) is 0 Å². The molecule has 1 amide bonds. The van der Waals surface area contributed by atoms with Crippen molar-refractivity contribution in [3.63, 3.8) is 0 Å². The Labute approximate surface area is 135 Å². The van der Waals surface area contributed by atoms with Gasteiger partial charge in [-0.1, -0.05) is 32.7 Å². The van der Waals surface area contributed by atoms with E-state index in [1.54, 1.807) is 32.0 Å². The van der Waals surface area contributed by atoms with E-state index < -0.39 is 5.60 Å². The zero-order chi connectivity index (χ0) is 15.6. The number of hydrogen-bond acceptors (Lipinski definition) is 4. The normalized spacial score (nSPS) is 11.5. The predicted octanol–water partition coefficient (Wildman–Crippen LogP) is 2.56. The van der Waals surface area contributed by atoms with E-state index in [-0.39, 0.29) is 12.5 Å². The van der Waals surface area contributed by atoms with Crippen molar-refractivity contribution >= 4 is 39.1 Å². The van der Waals surface area contributed by atoms with Gasteiger partial charge >= 0.3 is 0 Å². The molecule has 1 aromatic heterocycles. The lowest BCUT2D eigenvalue weighted by atomic mass is 10.1. The number of hydrogen-bond donors (Lipinski definition) is 2. The third-order valence-electron chi connectivity index (χ3n) is 2.68. The first kappa shape index (κ1) is 15.9. The molecule has 0 aliphatic rings. The standard InChI is InChI=1S/C13H14BrClN4O2/c1-13(2,21)11-6-19(18-17-11)7-12(20)16-10-4-3-8(14)5-9(10)15/h3-6,21H,7H2,1-2H3,(H,16,20). The molecule has 112 valence electrons. The molecule has 2 N–H and O–H groups in total. The molecular weight excluding hydrogens is 360 g/mol. The third kappa shape index (κ3) is 4.26. The number of amides is 1. The molecule has 0 radical (unpaired) electrons. The number of carbonyl (C=O) groups excluding carboxylic acids is 1. The summed E-state index contributed by atoms with van der Waals surface area (Å²) in [4.78, 5) is 11.9. The zero-order valence-corrected chi connectivity index (χ0v) is 13.8. The predicted molar refractivity (Wildman–Crippen MR) is 83.0 cm³/mol. The van der Waals surface area contributed by atoms with Crippen molar-refractivity contribution < 1.29 is 9.90 Å². The van der Waals surface area contributed by atoms with Crippen LogP contribution < -0.4 is 5.32 Å². The lowest BCUT2D eigenvalue weighted by Crippen LogP contribution is -2.19. The summed E-state index contributed by atoms with van der Waals surface area (Å²) in [7, 11) is 0. The lowest BCUT2D eigenvalue weighted by Gasteiger charge is -2.11. The van der Waals surface area contributed by atoms with E-state index in [0.29, 0.717) is 16.4 Å². The van der Waals surface area contributed by atoms with Gasteiger partial charge in [0.25, 0.3) is 0 Å². The number of rotatable bonds is 4. The van der Waals surface area contributed by atoms with E-state index in [0.717, 1.165) is 4.47 Å². The largest absolute Gasteiger partial charge is 0.384 e. The van der Waals surface area contributed by atoms with Crippen molar-refractivity contribution in [2.45, 2.75) is 26.0 Å². The van der Waals surface area contributed by atoms with Crippen LogP contribution in [-0.4, -0.2) is 26.0 Å². The highest BCUT2D eigenvalue weighted by Gasteiger charge is 2.20. The fourth-order valence-electron chi connectivity index (χ4n) is 1.58. The van der Waals surface area contributed by atoms with Gasteiger partial charge in [-0.3, -0.25) is 4.79 Å². The van der Waals surface area contributed by atoms with Crippen LogP contribution in [-0.2, 0) is 16.9 Å². The van der Waals surface area contributed by atoms with Gasteiger partial charge in [-0.25, -0.2) is 4.68 Å². The molecule has 2 aromatic rings. The number of nitrogens with one attached hydrogen (secondary N) is 1. The number of aliphatic hydroxyl groups is 1. The molecule has 0 fully saturated rings. The number of anilines is 1. The fraction of sp³-hybridized carbons (Fsp3) is 0.308. The van der Waals surface area contributed by atoms with Crippen LogP contribution in [0.25, 0.3) is 0 Å². The highest BCUT2D eigenvalue weighted by Crippen LogP contribution is 2.25. The monoisotopic (exact) mass is 372 g/mol. The average Bonchev–Trinajstić information content (AvgIpc) is 2.81. The Morgan fingerprint density at radius 1 is 1.52 bits per heavy atom. The van der Waals surface area contributed by atoms with Gasteiger partial charge in [0.1, 0.15) is 17.8 Å². The minimum Gasteiger partial charge on any atom is -0.384 e. The summed E-state index contributed by atoms with van der Waals surface area (Å²) in [6, 6.07) is 5.18. The molecule has 6 nitrogen and oxygen atoms in total. The molecule has 0 saturated carbocycles. The maximum absolute atomic E-state index is 11.9. The summed E-state index contributed by atoms with van der Waals surface area (Å²) < 4.78 is 2.19. The Morgan fingerprint density at radius 2 is 2.24 bits per heavy atom. The van der Waals surface area contributed by atoms with Crippen LogP contribution in [0.2, 0.25) is 5.02 Å². The second kappa shape index (κ2) is 6.13. The van der Waals surface area contributed by atoms with Gasteiger partial charge in [-0.15, -0.1) is 5.10 Å². The molecule has 0 atom stereocenters. The van der Waals surface area contributed by atoms with E-state index in [2.05, 4.69) is 31.6 Å². The number of carbonyl (C=O) groups is 1. The summed E-state index contributed by atoms with van der Waals surface area (Å²) in [5.74, 6) is -0.286. The van der Waals surface area contributed by atoms with Crippen LogP contribution in [0.15, 0.2) is 28.9 Å². The Hall–Kier alpha value is -1.44. The molecule has 1 heterocycles. The zero-order valence-electron chi connectivity index (χ0n) is 11.5. The van der Waals surface area contributed by atoms with Gasteiger partial charge in [0.05, 0.1) is 16.9 Å². The van der Waals surface area contributed by atoms with Crippen LogP contribution in [0.3, 0.4) is 0 Å². The average molecular weight is 374 g/mol. The summed E-state index contributed by atoms with van der Waals surface area (Å²) >= 11 is 9.32. The number of benzene rings is 1. The summed E-state index contributed by atoms with van der Waals surface area (Å²) in [5.41, 5.74) is -0.173. The highest BCUT2D eigenvalue weighted by atomic mass is 79.9. The molecule has 0 saturated heterocycles. The number of aromatic nitrogens is 3. The molecule has 8 heteroatoms. The smallest absolute Gasteiger partial charge is 0.246 e. The molecule has 0 aliphatic heterocycles. The maximum Gasteiger partial charge on any atom is 0.246 e. The minimum atomic E-state index is -1.09. The summed E-state index contributed by atoms with van der Waals surface area (Å²) in [6.45, 7) is 3.18. The van der Waals surface area contributed by atoms with Crippen LogP contribution >= 0.6 is 27.5 Å². The number of nitrogens with zero attached hydrogens (tertiary/aromatic N) is 3. The van der Waals surface area contributed by atoms with Gasteiger partial charge in [0, 0.05) is 4.47 Å². The second-order valence-electron chi connectivity index (χ2n) is 5.03. The first-order chi connectivity index (χ1) is 9.75. The summed E-state index contributed by atoms with van der Waals surface area (Å²) in [6.07, 6.45) is 1.53. The van der Waals surface area contributed by atoms with Crippen molar-refractivity contribution in [2.24, 2.45) is 0 Å². The Morgan fingerprint density at radius 3 is 2.81 bits per heavy atom. The Bertz CT molecular complexity index is 666. The summed E-state index contributed by atoms with van der Waals surface area (Å²) in [5, 5.41) is 20.6. The van der Waals surface area contributed by atoms with Crippen molar-refractivity contribution in [3.8, 4) is 0 Å². The van der Waals surface area contributed by atoms with Crippen LogP contribution in [0.5, 0.6) is 0 Å². The second-order valence-corrected chi connectivity index (χ2v) is 6.36. The molecule has 0 aliphatic carbocycles. The van der Waals surface area contributed by atoms with E-state index in [1.165, 1.54) is 10.9 Å². The van der Waals surface area contributed by atoms with Gasteiger partial charge in [-0.2, -0.15) is 0 Å². The fourth-order valence-corrected chi connectivity index (χ4v) is 2.30. The van der Waals surface area contributed by atoms with E-state index >= 15 is 0 Å². The van der Waals surface area contributed by atoms with Gasteiger partial charge < -0.3 is 10.4 Å². The maximum atomic E-state index is 11.9. The van der Waals surface area contributed by atoms with Crippen LogP contribution in [0.4, 0.5) is 5.69 Å². The van der Waals surface area contributed by atoms with Crippen LogP contribution in [0, 0.1) is 0 Å². The molecular formula is C13H14BrClN4O2. The Balaban J connectivity index is 2.03. The van der Waals surface area contributed by atoms with E-state index in [9.17, 15) is 9.90 Å². The van der Waals surface area contributed by atoms with Gasteiger partial charge in [0.15, 0.2) is 0 Å². The topological polar surface area (TPSA) is 80.0 Å². The van der Waals surface area contributed by atoms with Crippen molar-refractivity contribution in [3.05, 3.63) is 39.6 Å². The molecule has 21 heavy (non-hydrogen) atoms. The first-order valence-electron chi connectivity index (χ1n) is 6.13. The third-order valence-corrected chi connectivity index (χ3v) is 3.48. The van der Waals surface area contributed by atoms with Crippen molar-refractivity contribution in [2.75, 3.05) is 5.32 Å². The highest BCUT2D eigenvalue weighted by molar-refractivity contribution is 9.10. The number of halogens is 2. The quantitative estimate of drug-likeness (QED) is 0.863. The van der Waals surface area contributed by atoms with Crippen LogP contribution in [0.1, 0.15) is 19.5 Å². The van der Waals surface area contributed by atoms with Gasteiger partial charge in [0.2, 0.25) is 5.91 Å². The molecule has 0 unspecified atom stereocenters. The van der Waals surface area contributed by atoms with Crippen molar-refractivity contribution in [1.82, 2.24) is 15.0 Å². The SMILES string of the molecule is CC(C)(O)c1cn(CC(=O)Nc2ccc(Br)cc2Cl)nn1. The van der Waals surface area contributed by atoms with Gasteiger partial charge in [-0.05, 0) is 32.0 Å². The van der Waals surface area contributed by atoms with E-state index in [4.69, 9.17) is 11.6 Å². The molecule has 2 rings (SSSR count). The molecule has 0 spiro atoms. The van der Waals surface area contributed by atoms with E-state index in [1.807, 2.05) is 0 Å². The first-order valence-corrected chi connectivity index (χ1v) is 7.30. The Kier molecular flexibility index (Phi) is 4.65. The molecule has 0 bridgehead atoms. The minimum absolute atomic E-state index is 0.0184. The lowest BCUT2D eigenvalue weighted by molar-refractivity contribution is -0.116. The molecule has 1 aromatic carbocycles.